The Morgan fingerprint density at radius 2 is 2.00 bits per heavy atom. The number of benzene rings is 1. The summed E-state index contributed by atoms with van der Waals surface area (Å²) in [5, 5.41) is 3.36. The molecule has 154 valence electrons. The first-order valence-electron chi connectivity index (χ1n) is 9.69. The SMILES string of the molecule is COc1ccc(C(=O)CC2c3nc(-c4ccncn4)cc(=O)n3CNC2(C)C)cc1. The average molecular weight is 405 g/mol. The van der Waals surface area contributed by atoms with Gasteiger partial charge in [0.05, 0.1) is 25.2 Å². The summed E-state index contributed by atoms with van der Waals surface area (Å²) in [6.45, 7) is 4.38. The second kappa shape index (κ2) is 7.79. The maximum absolute atomic E-state index is 13.0. The summed E-state index contributed by atoms with van der Waals surface area (Å²) in [5.74, 6) is 0.962. The number of carbonyl (C=O) groups is 1. The van der Waals surface area contributed by atoms with Crippen LogP contribution < -0.4 is 15.6 Å². The third-order valence-corrected chi connectivity index (χ3v) is 5.56. The van der Waals surface area contributed by atoms with Gasteiger partial charge in [0.15, 0.2) is 5.78 Å². The highest BCUT2D eigenvalue weighted by Crippen LogP contribution is 2.34. The van der Waals surface area contributed by atoms with Crippen LogP contribution in [-0.4, -0.2) is 38.0 Å². The number of hydrogen-bond acceptors (Lipinski definition) is 7. The van der Waals surface area contributed by atoms with Gasteiger partial charge in [-0.2, -0.15) is 0 Å². The highest BCUT2D eigenvalue weighted by molar-refractivity contribution is 5.96. The molecule has 1 aliphatic rings. The van der Waals surface area contributed by atoms with Crippen LogP contribution in [0, 0.1) is 0 Å². The Morgan fingerprint density at radius 1 is 1.23 bits per heavy atom. The van der Waals surface area contributed by atoms with E-state index in [4.69, 9.17) is 9.72 Å². The molecule has 1 aliphatic heterocycles. The molecular weight excluding hydrogens is 382 g/mol. The van der Waals surface area contributed by atoms with Gasteiger partial charge in [0, 0.05) is 35.7 Å². The summed E-state index contributed by atoms with van der Waals surface area (Å²) in [6.07, 6.45) is 3.24. The minimum Gasteiger partial charge on any atom is -0.497 e. The van der Waals surface area contributed by atoms with Crippen molar-refractivity contribution >= 4 is 5.78 Å². The first kappa shape index (κ1) is 19.9. The lowest BCUT2D eigenvalue weighted by Crippen LogP contribution is -2.54. The van der Waals surface area contributed by atoms with Gasteiger partial charge in [0.1, 0.15) is 17.9 Å². The molecule has 1 atom stereocenters. The summed E-state index contributed by atoms with van der Waals surface area (Å²) >= 11 is 0. The molecular formula is C22H23N5O3. The van der Waals surface area contributed by atoms with Crippen LogP contribution >= 0.6 is 0 Å². The summed E-state index contributed by atoms with van der Waals surface area (Å²) in [5.41, 5.74) is 1.04. The molecule has 0 bridgehead atoms. The number of ether oxygens (including phenoxy) is 1. The number of hydrogen-bond donors (Lipinski definition) is 1. The van der Waals surface area contributed by atoms with E-state index in [2.05, 4.69) is 15.3 Å². The topological polar surface area (TPSA) is 99.0 Å². The van der Waals surface area contributed by atoms with Crippen molar-refractivity contribution in [2.75, 3.05) is 7.11 Å². The van der Waals surface area contributed by atoms with Crippen molar-refractivity contribution in [1.29, 1.82) is 0 Å². The normalized spacial score (nSPS) is 17.2. The number of ketones is 1. The minimum absolute atomic E-state index is 0.0207. The van der Waals surface area contributed by atoms with Crippen molar-refractivity contribution < 1.29 is 9.53 Å². The zero-order chi connectivity index (χ0) is 21.3. The average Bonchev–Trinajstić information content (AvgIpc) is 2.76. The third kappa shape index (κ3) is 3.73. The molecule has 1 aromatic carbocycles. The maximum Gasteiger partial charge on any atom is 0.255 e. The van der Waals surface area contributed by atoms with Gasteiger partial charge in [-0.25, -0.2) is 15.0 Å². The van der Waals surface area contributed by atoms with Gasteiger partial charge in [0.25, 0.3) is 5.56 Å². The quantitative estimate of drug-likeness (QED) is 0.651. The van der Waals surface area contributed by atoms with Crippen LogP contribution in [0.2, 0.25) is 0 Å². The molecule has 0 spiro atoms. The molecule has 0 saturated carbocycles. The first-order chi connectivity index (χ1) is 14.4. The number of rotatable bonds is 5. The fourth-order valence-corrected chi connectivity index (χ4v) is 3.68. The molecule has 0 radical (unpaired) electrons. The van der Waals surface area contributed by atoms with Crippen LogP contribution in [0.4, 0.5) is 0 Å². The second-order valence-electron chi connectivity index (χ2n) is 7.83. The predicted octanol–water partition coefficient (Wildman–Crippen LogP) is 2.40. The van der Waals surface area contributed by atoms with Crippen LogP contribution in [-0.2, 0) is 6.67 Å². The molecule has 8 nitrogen and oxygen atoms in total. The van der Waals surface area contributed by atoms with Gasteiger partial charge in [-0.05, 0) is 44.2 Å². The third-order valence-electron chi connectivity index (χ3n) is 5.56. The van der Waals surface area contributed by atoms with Gasteiger partial charge < -0.3 is 4.74 Å². The standard InChI is InChI=1S/C22H23N5O3/c1-22(2)16(10-19(28)14-4-6-15(30-3)7-5-14)21-26-18(17-8-9-23-12-24-17)11-20(29)27(21)13-25-22/h4-9,11-12,16,25H,10,13H2,1-3H3. The zero-order valence-electron chi connectivity index (χ0n) is 17.1. The molecule has 1 unspecified atom stereocenters. The molecule has 30 heavy (non-hydrogen) atoms. The van der Waals surface area contributed by atoms with Gasteiger partial charge in [-0.15, -0.1) is 0 Å². The summed E-state index contributed by atoms with van der Waals surface area (Å²) < 4.78 is 6.75. The Morgan fingerprint density at radius 3 is 2.67 bits per heavy atom. The number of fused-ring (bicyclic) bond motifs is 1. The van der Waals surface area contributed by atoms with E-state index in [1.807, 2.05) is 13.8 Å². The summed E-state index contributed by atoms with van der Waals surface area (Å²) in [7, 11) is 1.59. The van der Waals surface area contributed by atoms with Crippen LogP contribution in [0.5, 0.6) is 5.75 Å². The number of aromatic nitrogens is 4. The molecule has 4 rings (SSSR count). The molecule has 3 aromatic rings. The van der Waals surface area contributed by atoms with E-state index in [-0.39, 0.29) is 23.7 Å². The smallest absolute Gasteiger partial charge is 0.255 e. The lowest BCUT2D eigenvalue weighted by atomic mass is 9.80. The molecule has 1 N–H and O–H groups in total. The van der Waals surface area contributed by atoms with E-state index in [9.17, 15) is 9.59 Å². The maximum atomic E-state index is 13.0. The molecule has 0 saturated heterocycles. The highest BCUT2D eigenvalue weighted by atomic mass is 16.5. The van der Waals surface area contributed by atoms with E-state index >= 15 is 0 Å². The Labute approximate surface area is 174 Å². The van der Waals surface area contributed by atoms with Crippen LogP contribution in [0.15, 0.2) is 53.7 Å². The van der Waals surface area contributed by atoms with Crippen LogP contribution in [0.1, 0.15) is 42.4 Å². The number of Topliss-reactive ketones (excluding diaryl/α,β-unsaturated/α-hetero) is 1. The number of methoxy groups -OCH3 is 1. The predicted molar refractivity (Wildman–Crippen MR) is 111 cm³/mol. The van der Waals surface area contributed by atoms with Crippen LogP contribution in [0.25, 0.3) is 11.4 Å². The van der Waals surface area contributed by atoms with E-state index in [1.54, 1.807) is 48.2 Å². The van der Waals surface area contributed by atoms with Crippen molar-refractivity contribution in [3.05, 3.63) is 70.7 Å². The van der Waals surface area contributed by atoms with Gasteiger partial charge in [0.2, 0.25) is 0 Å². The number of carbonyl (C=O) groups excluding carboxylic acids is 1. The summed E-state index contributed by atoms with van der Waals surface area (Å²) in [4.78, 5) is 38.7. The fraction of sp³-hybridized carbons (Fsp3) is 0.318. The van der Waals surface area contributed by atoms with Crippen LogP contribution in [0.3, 0.4) is 0 Å². The van der Waals surface area contributed by atoms with Crippen molar-refractivity contribution in [3.8, 4) is 17.1 Å². The lowest BCUT2D eigenvalue weighted by Gasteiger charge is -2.40. The zero-order valence-corrected chi connectivity index (χ0v) is 17.1. The van der Waals surface area contributed by atoms with Crippen molar-refractivity contribution in [2.45, 2.75) is 38.4 Å². The molecule has 8 heteroatoms. The Bertz CT molecular complexity index is 1120. The van der Waals surface area contributed by atoms with E-state index in [1.165, 1.54) is 12.4 Å². The molecule has 2 aromatic heterocycles. The Hall–Kier alpha value is -3.39. The largest absolute Gasteiger partial charge is 0.497 e. The monoisotopic (exact) mass is 405 g/mol. The Kier molecular flexibility index (Phi) is 5.17. The number of nitrogens with zero attached hydrogens (tertiary/aromatic N) is 4. The van der Waals surface area contributed by atoms with Crippen molar-refractivity contribution in [1.82, 2.24) is 24.8 Å². The second-order valence-corrected chi connectivity index (χ2v) is 7.83. The highest BCUT2D eigenvalue weighted by Gasteiger charge is 2.39. The minimum atomic E-state index is -0.425. The van der Waals surface area contributed by atoms with Gasteiger partial charge in [-0.3, -0.25) is 19.5 Å². The Balaban J connectivity index is 1.73. The van der Waals surface area contributed by atoms with E-state index in [0.29, 0.717) is 35.2 Å². The lowest BCUT2D eigenvalue weighted by molar-refractivity contribution is 0.0940. The molecule has 3 heterocycles. The van der Waals surface area contributed by atoms with Gasteiger partial charge >= 0.3 is 0 Å². The molecule has 0 fully saturated rings. The molecule has 0 amide bonds. The van der Waals surface area contributed by atoms with Crippen molar-refractivity contribution in [3.63, 3.8) is 0 Å². The van der Waals surface area contributed by atoms with E-state index < -0.39 is 5.54 Å². The van der Waals surface area contributed by atoms with Gasteiger partial charge in [-0.1, -0.05) is 0 Å². The molecule has 0 aliphatic carbocycles. The summed E-state index contributed by atoms with van der Waals surface area (Å²) in [6, 6.07) is 10.2. The number of nitrogens with one attached hydrogen (secondary N) is 1. The van der Waals surface area contributed by atoms with E-state index in [0.717, 1.165) is 0 Å². The van der Waals surface area contributed by atoms with Crippen molar-refractivity contribution in [2.24, 2.45) is 0 Å². The fourth-order valence-electron chi connectivity index (χ4n) is 3.68. The first-order valence-corrected chi connectivity index (χ1v) is 9.69.